The molecule has 1 aromatic carbocycles. The van der Waals surface area contributed by atoms with Crippen LogP contribution in [0.2, 0.25) is 0 Å². The summed E-state index contributed by atoms with van der Waals surface area (Å²) in [5, 5.41) is -0.535. The fourth-order valence-electron chi connectivity index (χ4n) is 1.70. The molecule has 18 heavy (non-hydrogen) atoms. The monoisotopic (exact) mass is 295 g/mol. The first-order chi connectivity index (χ1) is 8.44. The largest absolute Gasteiger partial charge is 0.228 e. The fraction of sp³-hybridized carbons (Fsp3) is 0.455. The molecule has 0 aromatic heterocycles. The minimum Gasteiger partial charge on any atom is -0.211 e. The van der Waals surface area contributed by atoms with Gasteiger partial charge in [0.25, 0.3) is 0 Å². The molecule has 0 N–H and O–H groups in total. The Morgan fingerprint density at radius 3 is 2.50 bits per heavy atom. The predicted molar refractivity (Wildman–Crippen MR) is 64.6 cm³/mol. The van der Waals surface area contributed by atoms with Crippen molar-refractivity contribution in [2.45, 2.75) is 25.4 Å². The van der Waals surface area contributed by atoms with Crippen LogP contribution in [0.5, 0.6) is 0 Å². The van der Waals surface area contributed by atoms with Gasteiger partial charge in [0.1, 0.15) is 16.8 Å². The molecule has 0 spiro atoms. The molecule has 3 nitrogen and oxygen atoms in total. The zero-order chi connectivity index (χ0) is 13.3. The molecule has 0 heterocycles. The van der Waals surface area contributed by atoms with Crippen LogP contribution in [0.15, 0.2) is 18.2 Å². The van der Waals surface area contributed by atoms with Crippen molar-refractivity contribution in [2.75, 3.05) is 5.21 Å². The highest BCUT2D eigenvalue weighted by atomic mass is 35.5. The molecule has 2 rings (SSSR count). The summed E-state index contributed by atoms with van der Waals surface area (Å²) < 4.78 is 51.0. The van der Waals surface area contributed by atoms with Crippen LogP contribution >= 0.6 is 11.6 Å². The lowest BCUT2D eigenvalue weighted by Gasteiger charge is -2.20. The summed E-state index contributed by atoms with van der Waals surface area (Å²) in [5.74, 6) is -1.43. The van der Waals surface area contributed by atoms with Crippen molar-refractivity contribution >= 4 is 21.6 Å². The van der Waals surface area contributed by atoms with Crippen LogP contribution in [0.4, 0.5) is 8.78 Å². The van der Waals surface area contributed by atoms with Gasteiger partial charge in [-0.25, -0.2) is 17.2 Å². The van der Waals surface area contributed by atoms with Crippen molar-refractivity contribution in [3.8, 4) is 0 Å². The second-order valence-corrected chi connectivity index (χ2v) is 6.74. The van der Waals surface area contributed by atoms with Gasteiger partial charge in [0, 0.05) is 24.2 Å². The van der Waals surface area contributed by atoms with Gasteiger partial charge >= 0.3 is 0 Å². The summed E-state index contributed by atoms with van der Waals surface area (Å²) in [6.45, 7) is -0.105. The van der Waals surface area contributed by atoms with Gasteiger partial charge in [0.15, 0.2) is 0 Å². The molecule has 0 saturated heterocycles. The molecule has 0 amide bonds. The molecule has 1 fully saturated rings. The van der Waals surface area contributed by atoms with Crippen LogP contribution < -0.4 is 0 Å². The summed E-state index contributed by atoms with van der Waals surface area (Å²) in [6.07, 6.45) is 1.50. The third-order valence-corrected chi connectivity index (χ3v) is 5.04. The predicted octanol–water partition coefficient (Wildman–Crippen LogP) is 2.46. The second kappa shape index (κ2) is 5.11. The normalized spacial score (nSPS) is 16.2. The van der Waals surface area contributed by atoms with Crippen molar-refractivity contribution < 1.29 is 17.2 Å². The van der Waals surface area contributed by atoms with Crippen LogP contribution in [0.1, 0.15) is 18.4 Å². The average molecular weight is 296 g/mol. The number of sulfonamides is 1. The molecular formula is C11H12ClF2NO2S. The van der Waals surface area contributed by atoms with Crippen molar-refractivity contribution in [2.24, 2.45) is 0 Å². The van der Waals surface area contributed by atoms with E-state index in [0.717, 1.165) is 25.0 Å². The zero-order valence-electron chi connectivity index (χ0n) is 9.44. The molecule has 1 aromatic rings. The third-order valence-electron chi connectivity index (χ3n) is 2.79. The fourth-order valence-corrected chi connectivity index (χ4v) is 3.20. The number of alkyl halides is 1. The van der Waals surface area contributed by atoms with E-state index in [1.54, 1.807) is 0 Å². The van der Waals surface area contributed by atoms with E-state index in [-0.39, 0.29) is 18.2 Å². The molecule has 0 atom stereocenters. The van der Waals surface area contributed by atoms with Gasteiger partial charge in [-0.15, -0.1) is 11.6 Å². The van der Waals surface area contributed by atoms with Crippen molar-refractivity contribution in [1.29, 1.82) is 0 Å². The Bertz CT molecular complexity index is 546. The maximum atomic E-state index is 13.5. The standard InChI is InChI=1S/C11H12ClF2NO2S/c12-7-18(16,17)15(10-3-4-10)6-8-1-2-9(13)5-11(8)14/h1-2,5,10H,3-4,6-7H2. The molecule has 1 aliphatic rings. The maximum absolute atomic E-state index is 13.5. The Labute approximate surface area is 109 Å². The Kier molecular flexibility index (Phi) is 3.89. The first-order valence-corrected chi connectivity index (χ1v) is 7.58. The highest BCUT2D eigenvalue weighted by molar-refractivity contribution is 7.90. The van der Waals surface area contributed by atoms with E-state index in [9.17, 15) is 17.2 Å². The highest BCUT2D eigenvalue weighted by Gasteiger charge is 2.37. The van der Waals surface area contributed by atoms with Gasteiger partial charge < -0.3 is 0 Å². The molecule has 1 aliphatic carbocycles. The molecular weight excluding hydrogens is 284 g/mol. The lowest BCUT2D eigenvalue weighted by Crippen LogP contribution is -2.33. The second-order valence-electron chi connectivity index (χ2n) is 4.23. The number of rotatable bonds is 5. The van der Waals surface area contributed by atoms with Crippen molar-refractivity contribution in [3.05, 3.63) is 35.4 Å². The minimum atomic E-state index is -3.58. The zero-order valence-corrected chi connectivity index (χ0v) is 11.0. The third kappa shape index (κ3) is 2.99. The first kappa shape index (κ1) is 13.7. The summed E-state index contributed by atoms with van der Waals surface area (Å²) in [4.78, 5) is 0. The van der Waals surface area contributed by atoms with Crippen LogP contribution in [-0.2, 0) is 16.6 Å². The number of hydrogen-bond donors (Lipinski definition) is 0. The summed E-state index contributed by atoms with van der Waals surface area (Å²) in [7, 11) is -3.58. The molecule has 0 unspecified atom stereocenters. The molecule has 0 radical (unpaired) electrons. The quantitative estimate of drug-likeness (QED) is 0.783. The first-order valence-electron chi connectivity index (χ1n) is 5.43. The summed E-state index contributed by atoms with van der Waals surface area (Å²) >= 11 is 5.41. The van der Waals surface area contributed by atoms with Gasteiger partial charge in [0.05, 0.1) is 0 Å². The molecule has 0 aliphatic heterocycles. The van der Waals surface area contributed by atoms with Crippen LogP contribution in [0.25, 0.3) is 0 Å². The van der Waals surface area contributed by atoms with E-state index in [1.165, 1.54) is 10.4 Å². The summed E-state index contributed by atoms with van der Waals surface area (Å²) in [5.41, 5.74) is 0.150. The lowest BCUT2D eigenvalue weighted by molar-refractivity contribution is 0.393. The topological polar surface area (TPSA) is 37.4 Å². The van der Waals surface area contributed by atoms with Gasteiger partial charge in [-0.05, 0) is 18.9 Å². The van der Waals surface area contributed by atoms with Gasteiger partial charge in [0.2, 0.25) is 10.0 Å². The van der Waals surface area contributed by atoms with Crippen molar-refractivity contribution in [1.82, 2.24) is 4.31 Å². The van der Waals surface area contributed by atoms with Crippen LogP contribution in [-0.4, -0.2) is 24.0 Å². The number of hydrogen-bond acceptors (Lipinski definition) is 2. The van der Waals surface area contributed by atoms with Crippen LogP contribution in [0, 0.1) is 11.6 Å². The Morgan fingerprint density at radius 2 is 2.00 bits per heavy atom. The van der Waals surface area contributed by atoms with E-state index < -0.39 is 26.9 Å². The smallest absolute Gasteiger partial charge is 0.211 e. The summed E-state index contributed by atoms with van der Waals surface area (Å²) in [6, 6.07) is 2.99. The molecule has 100 valence electrons. The number of benzene rings is 1. The van der Waals surface area contributed by atoms with Crippen LogP contribution in [0.3, 0.4) is 0 Å². The van der Waals surface area contributed by atoms with E-state index >= 15 is 0 Å². The molecule has 7 heteroatoms. The minimum absolute atomic E-state index is 0.105. The van der Waals surface area contributed by atoms with Crippen molar-refractivity contribution in [3.63, 3.8) is 0 Å². The number of nitrogens with zero attached hydrogens (tertiary/aromatic N) is 1. The van der Waals surface area contributed by atoms with E-state index in [1.807, 2.05) is 0 Å². The SMILES string of the molecule is O=S(=O)(CCl)N(Cc1ccc(F)cc1F)C1CC1. The average Bonchev–Trinajstić information content (AvgIpc) is 3.11. The maximum Gasteiger partial charge on any atom is 0.228 e. The van der Waals surface area contributed by atoms with Gasteiger partial charge in [-0.3, -0.25) is 0 Å². The Hall–Kier alpha value is -0.720. The van der Waals surface area contributed by atoms with E-state index in [2.05, 4.69) is 0 Å². The highest BCUT2D eigenvalue weighted by Crippen LogP contribution is 2.31. The Balaban J connectivity index is 2.24. The Morgan fingerprint density at radius 1 is 1.33 bits per heavy atom. The van der Waals surface area contributed by atoms with Gasteiger partial charge in [-0.1, -0.05) is 6.07 Å². The molecule has 0 bridgehead atoms. The van der Waals surface area contributed by atoms with E-state index in [0.29, 0.717) is 0 Å². The number of halogens is 3. The van der Waals surface area contributed by atoms with Gasteiger partial charge in [-0.2, -0.15) is 4.31 Å². The van der Waals surface area contributed by atoms with E-state index in [4.69, 9.17) is 11.6 Å². The lowest BCUT2D eigenvalue weighted by atomic mass is 10.2. The molecule has 1 saturated carbocycles.